The van der Waals surface area contributed by atoms with Crippen molar-refractivity contribution in [1.82, 2.24) is 23.9 Å². The quantitative estimate of drug-likeness (QED) is 0.439. The zero-order valence-electron chi connectivity index (χ0n) is 17.4. The zero-order chi connectivity index (χ0) is 21.2. The maximum Gasteiger partial charge on any atom is 0.180 e. The molecule has 5 rings (SSSR count). The number of imidazole rings is 2. The van der Waals surface area contributed by atoms with Crippen LogP contribution in [0, 0.1) is 6.92 Å². The van der Waals surface area contributed by atoms with Crippen LogP contribution in [-0.4, -0.2) is 31.0 Å². The van der Waals surface area contributed by atoms with Gasteiger partial charge in [0.05, 0.1) is 25.3 Å². The topological polar surface area (TPSA) is 69.3 Å². The van der Waals surface area contributed by atoms with E-state index in [0.29, 0.717) is 5.82 Å². The summed E-state index contributed by atoms with van der Waals surface area (Å²) < 4.78 is 9.36. The van der Waals surface area contributed by atoms with Crippen molar-refractivity contribution in [2.24, 2.45) is 0 Å². The van der Waals surface area contributed by atoms with E-state index in [2.05, 4.69) is 50.0 Å². The van der Waals surface area contributed by atoms with Crippen LogP contribution in [0.3, 0.4) is 0 Å². The summed E-state index contributed by atoms with van der Waals surface area (Å²) in [5, 5.41) is 3.42. The Morgan fingerprint density at radius 3 is 2.61 bits per heavy atom. The molecule has 0 unspecified atom stereocenters. The van der Waals surface area contributed by atoms with E-state index in [4.69, 9.17) is 4.74 Å². The summed E-state index contributed by atoms with van der Waals surface area (Å²) in [5.74, 6) is 1.54. The first kappa shape index (κ1) is 18.9. The van der Waals surface area contributed by atoms with Crippen molar-refractivity contribution in [3.05, 3.63) is 90.9 Å². The van der Waals surface area contributed by atoms with E-state index in [-0.39, 0.29) is 0 Å². The van der Waals surface area contributed by atoms with Crippen LogP contribution in [0.15, 0.2) is 79.8 Å². The Bertz CT molecular complexity index is 1320. The minimum Gasteiger partial charge on any atom is -0.497 e. The number of aromatic nitrogens is 5. The van der Waals surface area contributed by atoms with Gasteiger partial charge >= 0.3 is 0 Å². The van der Waals surface area contributed by atoms with Gasteiger partial charge in [0.25, 0.3) is 0 Å². The highest BCUT2D eigenvalue weighted by Crippen LogP contribution is 2.27. The molecule has 7 heteroatoms. The van der Waals surface area contributed by atoms with Gasteiger partial charge in [0.1, 0.15) is 5.75 Å². The van der Waals surface area contributed by atoms with E-state index in [1.807, 2.05) is 53.6 Å². The number of hydrogen-bond donors (Lipinski definition) is 1. The average molecular weight is 410 g/mol. The van der Waals surface area contributed by atoms with Crippen LogP contribution in [-0.2, 0) is 6.54 Å². The van der Waals surface area contributed by atoms with E-state index < -0.39 is 0 Å². The Morgan fingerprint density at radius 2 is 1.87 bits per heavy atom. The number of nitrogens with one attached hydrogen (secondary N) is 1. The number of benzene rings is 2. The molecule has 2 aromatic carbocycles. The fourth-order valence-corrected chi connectivity index (χ4v) is 3.65. The number of aryl methyl sites for hydroxylation is 1. The number of fused-ring (bicyclic) bond motifs is 1. The van der Waals surface area contributed by atoms with E-state index in [9.17, 15) is 0 Å². The van der Waals surface area contributed by atoms with Crippen molar-refractivity contribution in [2.45, 2.75) is 13.5 Å². The molecule has 3 aromatic heterocycles. The van der Waals surface area contributed by atoms with Crippen molar-refractivity contribution >= 4 is 17.2 Å². The van der Waals surface area contributed by atoms with Gasteiger partial charge in [-0.1, -0.05) is 6.07 Å². The molecule has 0 aliphatic carbocycles. The highest BCUT2D eigenvalue weighted by atomic mass is 16.5. The number of nitrogens with zero attached hydrogens (tertiary/aromatic N) is 5. The first-order chi connectivity index (χ1) is 15.2. The summed E-state index contributed by atoms with van der Waals surface area (Å²) in [6.07, 6.45) is 11.2. The number of hydrogen-bond acceptors (Lipinski definition) is 5. The van der Waals surface area contributed by atoms with Gasteiger partial charge in [0, 0.05) is 42.6 Å². The summed E-state index contributed by atoms with van der Waals surface area (Å²) >= 11 is 0. The Balaban J connectivity index is 1.43. The van der Waals surface area contributed by atoms with Gasteiger partial charge in [-0.15, -0.1) is 0 Å². The van der Waals surface area contributed by atoms with Gasteiger partial charge in [-0.3, -0.25) is 4.40 Å². The molecule has 3 heterocycles. The highest BCUT2D eigenvalue weighted by molar-refractivity contribution is 5.74. The lowest BCUT2D eigenvalue weighted by Crippen LogP contribution is -2.01. The molecular formula is C24H22N6O. The fraction of sp³-hybridized carbons (Fsp3) is 0.125. The number of methoxy groups -OCH3 is 1. The molecule has 0 aliphatic heterocycles. The zero-order valence-corrected chi connectivity index (χ0v) is 17.4. The largest absolute Gasteiger partial charge is 0.497 e. The normalized spacial score (nSPS) is 11.0. The number of rotatable bonds is 6. The van der Waals surface area contributed by atoms with Crippen molar-refractivity contribution in [2.75, 3.05) is 12.4 Å². The van der Waals surface area contributed by atoms with E-state index in [0.717, 1.165) is 34.9 Å². The van der Waals surface area contributed by atoms with Crippen LogP contribution in [0.4, 0.5) is 11.5 Å². The third-order valence-electron chi connectivity index (χ3n) is 5.33. The second-order valence-electron chi connectivity index (χ2n) is 7.34. The van der Waals surface area contributed by atoms with Crippen molar-refractivity contribution in [3.63, 3.8) is 0 Å². The van der Waals surface area contributed by atoms with Crippen LogP contribution < -0.4 is 10.1 Å². The molecule has 5 aromatic rings. The SMILES string of the molecule is COc1ccc(-c2cnc3c(Nc4ccc(Cn5ccnc5)c(C)c4)nccn23)cc1. The van der Waals surface area contributed by atoms with Crippen LogP contribution in [0.1, 0.15) is 11.1 Å². The molecule has 0 spiro atoms. The van der Waals surface area contributed by atoms with Gasteiger partial charge in [-0.05, 0) is 54.4 Å². The summed E-state index contributed by atoms with van der Waals surface area (Å²) in [5.41, 5.74) is 6.25. The molecule has 0 saturated heterocycles. The van der Waals surface area contributed by atoms with Crippen LogP contribution in [0.5, 0.6) is 5.75 Å². The Kier molecular flexibility index (Phi) is 4.84. The van der Waals surface area contributed by atoms with Crippen LogP contribution in [0.25, 0.3) is 16.9 Å². The van der Waals surface area contributed by atoms with E-state index in [1.165, 1.54) is 11.1 Å². The molecule has 0 bridgehead atoms. The summed E-state index contributed by atoms with van der Waals surface area (Å²) in [6, 6.07) is 14.3. The summed E-state index contributed by atoms with van der Waals surface area (Å²) in [4.78, 5) is 13.3. The molecule has 7 nitrogen and oxygen atoms in total. The molecule has 31 heavy (non-hydrogen) atoms. The average Bonchev–Trinajstić information content (AvgIpc) is 3.46. The van der Waals surface area contributed by atoms with Crippen molar-refractivity contribution < 1.29 is 4.74 Å². The van der Waals surface area contributed by atoms with Gasteiger partial charge in [-0.2, -0.15) is 0 Å². The molecule has 0 radical (unpaired) electrons. The van der Waals surface area contributed by atoms with Crippen LogP contribution >= 0.6 is 0 Å². The van der Waals surface area contributed by atoms with Crippen molar-refractivity contribution in [3.8, 4) is 17.0 Å². The lowest BCUT2D eigenvalue weighted by Gasteiger charge is -2.11. The highest BCUT2D eigenvalue weighted by Gasteiger charge is 2.11. The second-order valence-corrected chi connectivity index (χ2v) is 7.34. The Labute approximate surface area is 180 Å². The molecular weight excluding hydrogens is 388 g/mol. The molecule has 0 atom stereocenters. The number of anilines is 2. The van der Waals surface area contributed by atoms with E-state index in [1.54, 1.807) is 19.5 Å². The Hall–Kier alpha value is -4.13. The molecule has 0 aliphatic rings. The standard InChI is InChI=1S/C24H22N6O/c1-17-13-20(6-3-19(17)15-29-11-9-25-16-29)28-23-24-27-14-22(30(24)12-10-26-23)18-4-7-21(31-2)8-5-18/h3-14,16H,15H2,1-2H3,(H,26,28). The predicted octanol–water partition coefficient (Wildman–Crippen LogP) is 4.70. The first-order valence-electron chi connectivity index (χ1n) is 10.00. The minimum atomic E-state index is 0.712. The lowest BCUT2D eigenvalue weighted by molar-refractivity contribution is 0.415. The van der Waals surface area contributed by atoms with Gasteiger partial charge in [0.15, 0.2) is 11.5 Å². The maximum absolute atomic E-state index is 5.26. The van der Waals surface area contributed by atoms with Gasteiger partial charge in [-0.25, -0.2) is 15.0 Å². The van der Waals surface area contributed by atoms with Gasteiger partial charge < -0.3 is 14.6 Å². The molecule has 0 amide bonds. The summed E-state index contributed by atoms with van der Waals surface area (Å²) in [7, 11) is 1.67. The molecule has 154 valence electrons. The third kappa shape index (κ3) is 3.73. The first-order valence-corrected chi connectivity index (χ1v) is 10.00. The monoisotopic (exact) mass is 410 g/mol. The molecule has 1 N–H and O–H groups in total. The second kappa shape index (κ2) is 7.95. The van der Waals surface area contributed by atoms with Crippen molar-refractivity contribution in [1.29, 1.82) is 0 Å². The number of ether oxygens (including phenoxy) is 1. The predicted molar refractivity (Wildman–Crippen MR) is 121 cm³/mol. The third-order valence-corrected chi connectivity index (χ3v) is 5.33. The lowest BCUT2D eigenvalue weighted by atomic mass is 10.1. The van der Waals surface area contributed by atoms with Crippen LogP contribution in [0.2, 0.25) is 0 Å². The molecule has 0 fully saturated rings. The van der Waals surface area contributed by atoms with E-state index >= 15 is 0 Å². The smallest absolute Gasteiger partial charge is 0.180 e. The molecule has 0 saturated carbocycles. The van der Waals surface area contributed by atoms with Gasteiger partial charge in [0.2, 0.25) is 0 Å². The summed E-state index contributed by atoms with van der Waals surface area (Å²) in [6.45, 7) is 2.91. The Morgan fingerprint density at radius 1 is 1.00 bits per heavy atom. The fourth-order valence-electron chi connectivity index (χ4n) is 3.65. The maximum atomic E-state index is 5.26. The minimum absolute atomic E-state index is 0.712.